The third-order valence-electron chi connectivity index (χ3n) is 5.00. The number of hydrogen-bond acceptors (Lipinski definition) is 3. The molecule has 0 fully saturated rings. The molecule has 2 heterocycles. The number of nitrogens with one attached hydrogen (secondary N) is 1. The summed E-state index contributed by atoms with van der Waals surface area (Å²) < 4.78 is 2.18. The van der Waals surface area contributed by atoms with Gasteiger partial charge in [-0.2, -0.15) is 0 Å². The van der Waals surface area contributed by atoms with Crippen molar-refractivity contribution in [2.24, 2.45) is 0 Å². The molecule has 0 radical (unpaired) electrons. The average Bonchev–Trinajstić information content (AvgIpc) is 2.99. The van der Waals surface area contributed by atoms with Gasteiger partial charge < -0.3 is 9.88 Å². The minimum absolute atomic E-state index is 0.0974. The number of amides is 1. The van der Waals surface area contributed by atoms with Crippen LogP contribution in [0.2, 0.25) is 0 Å². The van der Waals surface area contributed by atoms with E-state index in [4.69, 9.17) is 0 Å². The smallest absolute Gasteiger partial charge is 0.242 e. The van der Waals surface area contributed by atoms with Gasteiger partial charge in [-0.25, -0.2) is 4.98 Å². The van der Waals surface area contributed by atoms with Crippen molar-refractivity contribution in [2.45, 2.75) is 52.2 Å². The Hall–Kier alpha value is -2.14. The number of likely N-dealkylation sites (N-methyl/N-ethyl adjacent to an activating group) is 1. The number of carbonyl (C=O) groups is 1. The zero-order valence-electron chi connectivity index (χ0n) is 15.4. The molecule has 5 heteroatoms. The van der Waals surface area contributed by atoms with Gasteiger partial charge in [-0.1, -0.05) is 44.2 Å². The molecule has 1 aromatic heterocycles. The van der Waals surface area contributed by atoms with Gasteiger partial charge in [0.1, 0.15) is 11.9 Å². The van der Waals surface area contributed by atoms with Crippen molar-refractivity contribution in [3.8, 4) is 0 Å². The molecular weight excluding hydrogens is 312 g/mol. The monoisotopic (exact) mass is 340 g/mol. The number of carbonyl (C=O) groups excluding carboxylic acids is 1. The summed E-state index contributed by atoms with van der Waals surface area (Å²) in [7, 11) is 0. The summed E-state index contributed by atoms with van der Waals surface area (Å²) in [5, 5.41) is 3.29. The van der Waals surface area contributed by atoms with E-state index < -0.39 is 0 Å². The molecule has 134 valence electrons. The van der Waals surface area contributed by atoms with Crippen molar-refractivity contribution in [2.75, 3.05) is 13.1 Å². The van der Waals surface area contributed by atoms with Crippen molar-refractivity contribution in [1.82, 2.24) is 19.8 Å². The second kappa shape index (κ2) is 7.83. The lowest BCUT2D eigenvalue weighted by Crippen LogP contribution is -2.47. The van der Waals surface area contributed by atoms with E-state index in [2.05, 4.69) is 39.8 Å². The molecule has 0 aliphatic carbocycles. The highest BCUT2D eigenvalue weighted by Crippen LogP contribution is 2.22. The number of aromatic nitrogens is 2. The zero-order chi connectivity index (χ0) is 17.8. The minimum atomic E-state index is -0.234. The third-order valence-corrected chi connectivity index (χ3v) is 5.00. The molecule has 1 N–H and O–H groups in total. The Kier molecular flexibility index (Phi) is 5.53. The molecule has 5 nitrogen and oxygen atoms in total. The first-order valence-electron chi connectivity index (χ1n) is 9.24. The van der Waals surface area contributed by atoms with Gasteiger partial charge >= 0.3 is 0 Å². The molecule has 0 saturated carbocycles. The van der Waals surface area contributed by atoms with Gasteiger partial charge in [0.2, 0.25) is 5.91 Å². The first-order chi connectivity index (χ1) is 12.1. The predicted octanol–water partition coefficient (Wildman–Crippen LogP) is 2.71. The van der Waals surface area contributed by atoms with E-state index in [1.807, 2.05) is 37.3 Å². The number of hydrogen-bond donors (Lipinski definition) is 1. The summed E-state index contributed by atoms with van der Waals surface area (Å²) in [4.78, 5) is 19.9. The Bertz CT molecular complexity index is 706. The Morgan fingerprint density at radius 3 is 2.72 bits per heavy atom. The molecule has 1 amide bonds. The highest BCUT2D eigenvalue weighted by atomic mass is 16.2. The molecule has 2 atom stereocenters. The van der Waals surface area contributed by atoms with Crippen LogP contribution in [0.5, 0.6) is 0 Å². The maximum Gasteiger partial charge on any atom is 0.242 e. The fourth-order valence-electron chi connectivity index (χ4n) is 3.74. The van der Waals surface area contributed by atoms with E-state index >= 15 is 0 Å². The average molecular weight is 340 g/mol. The molecule has 25 heavy (non-hydrogen) atoms. The number of benzene rings is 1. The summed E-state index contributed by atoms with van der Waals surface area (Å²) >= 11 is 0. The van der Waals surface area contributed by atoms with Gasteiger partial charge in [-0.15, -0.1) is 0 Å². The lowest BCUT2D eigenvalue weighted by atomic mass is 10.0. The second-order valence-corrected chi connectivity index (χ2v) is 6.73. The van der Waals surface area contributed by atoms with Crippen LogP contribution in [0.1, 0.15) is 43.4 Å². The molecule has 3 rings (SSSR count). The number of rotatable bonds is 6. The Labute approximate surface area is 150 Å². The second-order valence-electron chi connectivity index (χ2n) is 6.73. The third kappa shape index (κ3) is 3.93. The van der Waals surface area contributed by atoms with Crippen LogP contribution in [0.3, 0.4) is 0 Å². The van der Waals surface area contributed by atoms with E-state index in [-0.39, 0.29) is 18.0 Å². The van der Waals surface area contributed by atoms with Gasteiger partial charge in [0, 0.05) is 25.2 Å². The Balaban J connectivity index is 1.75. The van der Waals surface area contributed by atoms with Crippen molar-refractivity contribution < 1.29 is 4.79 Å². The summed E-state index contributed by atoms with van der Waals surface area (Å²) in [5.74, 6) is 1.23. The summed E-state index contributed by atoms with van der Waals surface area (Å²) in [6.07, 6.45) is 3.94. The van der Waals surface area contributed by atoms with Crippen LogP contribution < -0.4 is 5.32 Å². The van der Waals surface area contributed by atoms with Gasteiger partial charge in [0.25, 0.3) is 0 Å². The highest BCUT2D eigenvalue weighted by Gasteiger charge is 2.29. The van der Waals surface area contributed by atoms with Crippen molar-refractivity contribution >= 4 is 5.91 Å². The number of fused-ring (bicyclic) bond motifs is 1. The van der Waals surface area contributed by atoms with Gasteiger partial charge in [0.15, 0.2) is 0 Å². The van der Waals surface area contributed by atoms with Crippen LogP contribution >= 0.6 is 0 Å². The largest absolute Gasteiger partial charge is 0.350 e. The lowest BCUT2D eigenvalue weighted by Gasteiger charge is -2.32. The van der Waals surface area contributed by atoms with E-state index in [0.29, 0.717) is 0 Å². The van der Waals surface area contributed by atoms with Crippen molar-refractivity contribution in [3.63, 3.8) is 0 Å². The molecule has 2 unspecified atom stereocenters. The molecule has 0 spiro atoms. The van der Waals surface area contributed by atoms with Crippen LogP contribution in [0, 0.1) is 6.92 Å². The number of imidazole rings is 1. The fourth-order valence-corrected chi connectivity index (χ4v) is 3.74. The first kappa shape index (κ1) is 17.7. The van der Waals surface area contributed by atoms with Crippen molar-refractivity contribution in [3.05, 3.63) is 53.6 Å². The molecule has 2 aromatic rings. The van der Waals surface area contributed by atoms with Crippen molar-refractivity contribution in [1.29, 1.82) is 0 Å². The number of nitrogens with zero attached hydrogens (tertiary/aromatic N) is 3. The summed E-state index contributed by atoms with van der Waals surface area (Å²) in [6.45, 7) is 8.73. The maximum absolute atomic E-state index is 13.1. The minimum Gasteiger partial charge on any atom is -0.350 e. The van der Waals surface area contributed by atoms with Crippen LogP contribution in [0.25, 0.3) is 0 Å². The standard InChI is InChI=1S/C20H28N4O/c1-4-23(5-2)19(16-9-7-6-8-10-16)20(25)22-17-11-12-18-21-15(3)13-24(18)14-17/h6-10,13,17,19H,4-5,11-12,14H2,1-3H3,(H,22,25). The van der Waals surface area contributed by atoms with Gasteiger partial charge in [-0.3, -0.25) is 9.69 Å². The Morgan fingerprint density at radius 1 is 1.32 bits per heavy atom. The SMILES string of the molecule is CCN(CC)C(C(=O)NC1CCc2nc(C)cn2C1)c1ccccc1. The first-order valence-corrected chi connectivity index (χ1v) is 9.24. The van der Waals surface area contributed by atoms with Crippen LogP contribution in [0.15, 0.2) is 36.5 Å². The van der Waals surface area contributed by atoms with Gasteiger partial charge in [-0.05, 0) is 32.0 Å². The highest BCUT2D eigenvalue weighted by molar-refractivity contribution is 5.83. The van der Waals surface area contributed by atoms with E-state index in [1.54, 1.807) is 0 Å². The number of aryl methyl sites for hydroxylation is 2. The maximum atomic E-state index is 13.1. The molecule has 1 aromatic carbocycles. The fraction of sp³-hybridized carbons (Fsp3) is 0.500. The molecule has 1 aliphatic heterocycles. The van der Waals surface area contributed by atoms with Crippen LogP contribution in [-0.4, -0.2) is 39.5 Å². The van der Waals surface area contributed by atoms with Crippen LogP contribution in [0.4, 0.5) is 0 Å². The quantitative estimate of drug-likeness (QED) is 0.880. The van der Waals surface area contributed by atoms with Crippen LogP contribution in [-0.2, 0) is 17.8 Å². The molecule has 1 aliphatic rings. The van der Waals surface area contributed by atoms with E-state index in [0.717, 1.165) is 49.6 Å². The van der Waals surface area contributed by atoms with E-state index in [9.17, 15) is 4.79 Å². The Morgan fingerprint density at radius 2 is 2.04 bits per heavy atom. The van der Waals surface area contributed by atoms with Gasteiger partial charge in [0.05, 0.1) is 5.69 Å². The zero-order valence-corrected chi connectivity index (χ0v) is 15.4. The summed E-state index contributed by atoms with van der Waals surface area (Å²) in [6, 6.07) is 10.0. The summed E-state index contributed by atoms with van der Waals surface area (Å²) in [5.41, 5.74) is 2.10. The molecule has 0 saturated heterocycles. The molecular formula is C20H28N4O. The topological polar surface area (TPSA) is 50.2 Å². The van der Waals surface area contributed by atoms with E-state index in [1.165, 1.54) is 0 Å². The normalized spacial score (nSPS) is 18.0. The molecule has 0 bridgehead atoms. The lowest BCUT2D eigenvalue weighted by molar-refractivity contribution is -0.127. The predicted molar refractivity (Wildman–Crippen MR) is 99.3 cm³/mol.